The molecule has 0 fully saturated rings. The molecule has 0 saturated carbocycles. The molecule has 0 bridgehead atoms. The van der Waals surface area contributed by atoms with Gasteiger partial charge >= 0.3 is 25.1 Å². The second kappa shape index (κ2) is 6.23. The lowest BCUT2D eigenvalue weighted by atomic mass is 10.2. The molecule has 0 aliphatic carbocycles. The molecule has 1 aromatic rings. The normalized spacial score (nSPS) is 12.2. The molecular weight excluding hydrogens is 334 g/mol. The highest BCUT2D eigenvalue weighted by molar-refractivity contribution is 5.96. The first-order chi connectivity index (χ1) is 9.88. The molecule has 0 saturated heterocycles. The van der Waals surface area contributed by atoms with E-state index in [-0.39, 0.29) is 6.07 Å². The van der Waals surface area contributed by atoms with Crippen molar-refractivity contribution in [1.29, 1.82) is 0 Å². The Morgan fingerprint density at radius 2 is 1.68 bits per heavy atom. The van der Waals surface area contributed by atoms with Crippen LogP contribution in [0, 0.1) is 0 Å². The van der Waals surface area contributed by atoms with Crippen molar-refractivity contribution in [3.8, 4) is 11.5 Å². The number of anilines is 1. The lowest BCUT2D eigenvalue weighted by Crippen LogP contribution is -2.30. The molecule has 22 heavy (non-hydrogen) atoms. The third-order valence-electron chi connectivity index (χ3n) is 1.91. The topological polar surface area (TPSA) is 47.6 Å². The summed E-state index contributed by atoms with van der Waals surface area (Å²) < 4.78 is 103. The Morgan fingerprint density at radius 3 is 2.14 bits per heavy atom. The number of benzene rings is 1. The molecule has 4 nitrogen and oxygen atoms in total. The van der Waals surface area contributed by atoms with E-state index in [1.54, 1.807) is 0 Å². The van der Waals surface area contributed by atoms with Crippen molar-refractivity contribution in [2.24, 2.45) is 0 Å². The number of carbonyl (C=O) groups is 1. The molecule has 0 spiro atoms. The molecule has 1 aromatic carbocycles. The number of alkyl halides is 8. The Labute approximate surface area is 116 Å². The van der Waals surface area contributed by atoms with Crippen LogP contribution in [0.15, 0.2) is 18.2 Å². The SMILES string of the molecule is O=C(Nc1ccc(OC(F)(F)F)cc1OC(F)F)C(F)(F)F. The molecule has 1 rings (SSSR count). The van der Waals surface area contributed by atoms with Crippen LogP contribution in [0.25, 0.3) is 0 Å². The van der Waals surface area contributed by atoms with Crippen LogP contribution in [-0.2, 0) is 4.79 Å². The van der Waals surface area contributed by atoms with Gasteiger partial charge in [-0.05, 0) is 12.1 Å². The molecule has 0 unspecified atom stereocenters. The number of rotatable bonds is 4. The zero-order chi connectivity index (χ0) is 17.1. The molecule has 0 heterocycles. The van der Waals surface area contributed by atoms with Gasteiger partial charge in [0.05, 0.1) is 5.69 Å². The maximum atomic E-state index is 12.1. The summed E-state index contributed by atoms with van der Waals surface area (Å²) in [6, 6.07) is 1.26. The zero-order valence-electron chi connectivity index (χ0n) is 10.1. The summed E-state index contributed by atoms with van der Waals surface area (Å²) in [5.41, 5.74) is -0.905. The van der Waals surface area contributed by atoms with E-state index in [9.17, 15) is 39.9 Å². The predicted molar refractivity (Wildman–Crippen MR) is 54.4 cm³/mol. The first kappa shape index (κ1) is 17.8. The van der Waals surface area contributed by atoms with Crippen molar-refractivity contribution in [2.75, 3.05) is 5.32 Å². The number of halogens is 8. The van der Waals surface area contributed by atoms with Crippen LogP contribution < -0.4 is 14.8 Å². The summed E-state index contributed by atoms with van der Waals surface area (Å²) >= 11 is 0. The van der Waals surface area contributed by atoms with Crippen molar-refractivity contribution in [3.63, 3.8) is 0 Å². The number of hydrogen-bond acceptors (Lipinski definition) is 3. The summed E-state index contributed by atoms with van der Waals surface area (Å²) in [6.07, 6.45) is -10.5. The van der Waals surface area contributed by atoms with Gasteiger partial charge in [-0.1, -0.05) is 0 Å². The van der Waals surface area contributed by atoms with Crippen LogP contribution in [-0.4, -0.2) is 25.1 Å². The number of amides is 1. The third kappa shape index (κ3) is 5.61. The summed E-state index contributed by atoms with van der Waals surface area (Å²) in [7, 11) is 0. The van der Waals surface area contributed by atoms with Crippen LogP contribution >= 0.6 is 0 Å². The third-order valence-corrected chi connectivity index (χ3v) is 1.91. The smallest absolute Gasteiger partial charge is 0.432 e. The molecule has 1 N–H and O–H groups in total. The van der Waals surface area contributed by atoms with Gasteiger partial charge in [0.15, 0.2) is 5.75 Å². The number of carbonyl (C=O) groups excluding carboxylic acids is 1. The second-order valence-corrected chi connectivity index (χ2v) is 3.54. The van der Waals surface area contributed by atoms with Gasteiger partial charge in [-0.3, -0.25) is 4.79 Å². The Hall–Kier alpha value is -2.27. The van der Waals surface area contributed by atoms with Gasteiger partial charge in [-0.15, -0.1) is 13.2 Å². The van der Waals surface area contributed by atoms with Crippen molar-refractivity contribution >= 4 is 11.6 Å². The van der Waals surface area contributed by atoms with Gasteiger partial charge in [0.25, 0.3) is 0 Å². The highest BCUT2D eigenvalue weighted by Crippen LogP contribution is 2.34. The van der Waals surface area contributed by atoms with E-state index >= 15 is 0 Å². The Kier molecular flexibility index (Phi) is 5.04. The van der Waals surface area contributed by atoms with Gasteiger partial charge in [0, 0.05) is 6.07 Å². The maximum absolute atomic E-state index is 12.1. The van der Waals surface area contributed by atoms with Gasteiger partial charge in [0.1, 0.15) is 5.75 Å². The van der Waals surface area contributed by atoms with E-state index in [1.165, 1.54) is 5.32 Å². The Bertz CT molecular complexity index is 540. The Balaban J connectivity index is 3.08. The van der Waals surface area contributed by atoms with Gasteiger partial charge in [-0.25, -0.2) is 0 Å². The van der Waals surface area contributed by atoms with E-state index in [2.05, 4.69) is 9.47 Å². The number of hydrogen-bond donors (Lipinski definition) is 1. The predicted octanol–water partition coefficient (Wildman–Crippen LogP) is 3.69. The molecular formula is C10H5F8NO3. The van der Waals surface area contributed by atoms with E-state index in [4.69, 9.17) is 0 Å². The number of ether oxygens (including phenoxy) is 2. The fraction of sp³-hybridized carbons (Fsp3) is 0.300. The van der Waals surface area contributed by atoms with Crippen molar-refractivity contribution in [2.45, 2.75) is 19.2 Å². The minimum Gasteiger partial charge on any atom is -0.432 e. The molecule has 0 aliphatic heterocycles. The average molecular weight is 339 g/mol. The van der Waals surface area contributed by atoms with Crippen LogP contribution in [0.1, 0.15) is 0 Å². The van der Waals surface area contributed by atoms with E-state index in [1.807, 2.05) is 0 Å². The lowest BCUT2D eigenvalue weighted by Gasteiger charge is -2.15. The molecule has 12 heteroatoms. The van der Waals surface area contributed by atoms with E-state index in [0.29, 0.717) is 12.1 Å². The van der Waals surface area contributed by atoms with Crippen LogP contribution in [0.5, 0.6) is 11.5 Å². The summed E-state index contributed by atoms with van der Waals surface area (Å²) in [5.74, 6) is -4.67. The lowest BCUT2D eigenvalue weighted by molar-refractivity contribution is -0.274. The van der Waals surface area contributed by atoms with Crippen LogP contribution in [0.4, 0.5) is 40.8 Å². The van der Waals surface area contributed by atoms with E-state index < -0.39 is 42.2 Å². The van der Waals surface area contributed by atoms with Crippen molar-refractivity contribution in [1.82, 2.24) is 0 Å². The first-order valence-corrected chi connectivity index (χ1v) is 5.11. The van der Waals surface area contributed by atoms with Crippen molar-refractivity contribution in [3.05, 3.63) is 18.2 Å². The minimum absolute atomic E-state index is 0.256. The minimum atomic E-state index is -5.33. The average Bonchev–Trinajstić information content (AvgIpc) is 2.28. The van der Waals surface area contributed by atoms with Gasteiger partial charge in [-0.2, -0.15) is 22.0 Å². The monoisotopic (exact) mass is 339 g/mol. The van der Waals surface area contributed by atoms with Crippen LogP contribution in [0.2, 0.25) is 0 Å². The fourth-order valence-corrected chi connectivity index (χ4v) is 1.19. The molecule has 0 aromatic heterocycles. The van der Waals surface area contributed by atoms with Gasteiger partial charge < -0.3 is 14.8 Å². The fourth-order valence-electron chi connectivity index (χ4n) is 1.19. The maximum Gasteiger partial charge on any atom is 0.573 e. The zero-order valence-corrected chi connectivity index (χ0v) is 10.1. The largest absolute Gasteiger partial charge is 0.573 e. The number of nitrogens with one attached hydrogen (secondary N) is 1. The summed E-state index contributed by atoms with van der Waals surface area (Å²) in [5, 5.41) is 1.19. The molecule has 1 amide bonds. The standard InChI is InChI=1S/C10H5F8NO3/c11-8(12)21-6-3-4(22-10(16,17)18)1-2-5(6)19-7(20)9(13,14)15/h1-3,8H,(H,19,20). The Morgan fingerprint density at radius 1 is 1.09 bits per heavy atom. The molecule has 124 valence electrons. The molecule has 0 radical (unpaired) electrons. The summed E-state index contributed by atoms with van der Waals surface area (Å²) in [4.78, 5) is 10.7. The molecule has 0 atom stereocenters. The first-order valence-electron chi connectivity index (χ1n) is 5.11. The van der Waals surface area contributed by atoms with Crippen molar-refractivity contribution < 1.29 is 49.4 Å². The second-order valence-electron chi connectivity index (χ2n) is 3.54. The highest BCUT2D eigenvalue weighted by Gasteiger charge is 2.39. The quantitative estimate of drug-likeness (QED) is 0.851. The summed E-state index contributed by atoms with van der Waals surface area (Å²) in [6.45, 7) is -3.55. The van der Waals surface area contributed by atoms with E-state index in [0.717, 1.165) is 0 Å². The molecule has 0 aliphatic rings. The van der Waals surface area contributed by atoms with Crippen LogP contribution in [0.3, 0.4) is 0 Å². The highest BCUT2D eigenvalue weighted by atomic mass is 19.4. The van der Waals surface area contributed by atoms with Gasteiger partial charge in [0.2, 0.25) is 0 Å².